The van der Waals surface area contributed by atoms with Gasteiger partial charge in [0, 0.05) is 22.7 Å². The van der Waals surface area contributed by atoms with Gasteiger partial charge in [-0.25, -0.2) is 22.0 Å². The molecule has 9 heteroatoms. The van der Waals surface area contributed by atoms with Crippen LogP contribution in [0.5, 0.6) is 0 Å². The normalized spacial score (nSPS) is 11.4. The number of ether oxygens (including phenoxy) is 2. The van der Waals surface area contributed by atoms with Gasteiger partial charge in [0.1, 0.15) is 0 Å². The number of nitrogens with zero attached hydrogens (tertiary/aromatic N) is 2. The van der Waals surface area contributed by atoms with E-state index < -0.39 is 22.0 Å². The molecule has 0 bridgehead atoms. The Morgan fingerprint density at radius 3 is 1.92 bits per heavy atom. The van der Waals surface area contributed by atoms with Crippen molar-refractivity contribution in [2.24, 2.45) is 0 Å². The van der Waals surface area contributed by atoms with Gasteiger partial charge in [0.15, 0.2) is 0 Å². The number of aryl methyl sites for hydroxylation is 2. The Hall–Kier alpha value is -3.98. The number of benzene rings is 2. The van der Waals surface area contributed by atoms with Crippen molar-refractivity contribution in [3.05, 3.63) is 83.3 Å². The van der Waals surface area contributed by atoms with E-state index in [1.165, 1.54) is 22.3 Å². The van der Waals surface area contributed by atoms with Crippen molar-refractivity contribution in [1.29, 1.82) is 0 Å². The molecule has 0 fully saturated rings. The Kier molecular flexibility index (Phi) is 6.94. The molecule has 2 heterocycles. The Labute approximate surface area is 209 Å². The first kappa shape index (κ1) is 25.1. The second-order valence-corrected chi connectivity index (χ2v) is 9.84. The molecule has 0 radical (unpaired) electrons. The minimum absolute atomic E-state index is 0.0884. The highest BCUT2D eigenvalue weighted by molar-refractivity contribution is 7.90. The van der Waals surface area contributed by atoms with Crippen LogP contribution in [0.1, 0.15) is 46.0 Å². The molecule has 0 atom stereocenters. The molecular formula is C27H26N2O6S. The maximum absolute atomic E-state index is 13.6. The molecule has 0 aliphatic carbocycles. The predicted octanol–water partition coefficient (Wildman–Crippen LogP) is 4.91. The number of fused-ring (bicyclic) bond motifs is 1. The highest BCUT2D eigenvalue weighted by Gasteiger charge is 2.31. The minimum Gasteiger partial charge on any atom is -0.462 e. The average molecular weight is 507 g/mol. The fourth-order valence-corrected chi connectivity index (χ4v) is 5.67. The summed E-state index contributed by atoms with van der Waals surface area (Å²) in [5, 5.41) is 0.540. The molecule has 0 saturated carbocycles. The quantitative estimate of drug-likeness (QED) is 0.328. The van der Waals surface area contributed by atoms with Crippen molar-refractivity contribution in [3.8, 4) is 11.1 Å². The molecule has 2 aromatic heterocycles. The molecule has 0 aliphatic heterocycles. The fourth-order valence-electron chi connectivity index (χ4n) is 4.28. The smallest absolute Gasteiger partial charge is 0.340 e. The lowest BCUT2D eigenvalue weighted by Crippen LogP contribution is -2.17. The van der Waals surface area contributed by atoms with Crippen LogP contribution in [0.2, 0.25) is 0 Å². The SMILES string of the molecule is CCOC(=O)c1c(C)nc(C)c(C(=O)OCC)c1-c1cn(S(=O)(=O)c2ccccc2)c2ccccc12. The van der Waals surface area contributed by atoms with E-state index in [9.17, 15) is 18.0 Å². The Morgan fingerprint density at radius 1 is 0.833 bits per heavy atom. The minimum atomic E-state index is -3.99. The third kappa shape index (κ3) is 4.26. The number of hydrogen-bond acceptors (Lipinski definition) is 7. The summed E-state index contributed by atoms with van der Waals surface area (Å²) in [6.07, 6.45) is 1.44. The van der Waals surface area contributed by atoms with Crippen molar-refractivity contribution in [1.82, 2.24) is 8.96 Å². The van der Waals surface area contributed by atoms with Crippen LogP contribution in [0, 0.1) is 13.8 Å². The molecule has 2 aromatic carbocycles. The fraction of sp³-hybridized carbons (Fsp3) is 0.222. The van der Waals surface area contributed by atoms with Crippen LogP contribution in [0.3, 0.4) is 0 Å². The molecule has 36 heavy (non-hydrogen) atoms. The molecule has 4 rings (SSSR count). The molecule has 0 spiro atoms. The van der Waals surface area contributed by atoms with E-state index in [1.807, 2.05) is 0 Å². The lowest BCUT2D eigenvalue weighted by Gasteiger charge is -2.17. The van der Waals surface area contributed by atoms with Gasteiger partial charge in [0.05, 0.1) is 46.1 Å². The number of rotatable bonds is 7. The zero-order valence-electron chi connectivity index (χ0n) is 20.4. The van der Waals surface area contributed by atoms with E-state index in [4.69, 9.17) is 9.47 Å². The molecule has 0 N–H and O–H groups in total. The van der Waals surface area contributed by atoms with Crippen molar-refractivity contribution in [2.45, 2.75) is 32.6 Å². The number of esters is 2. The van der Waals surface area contributed by atoms with E-state index in [2.05, 4.69) is 4.98 Å². The lowest BCUT2D eigenvalue weighted by molar-refractivity contribution is 0.0525. The van der Waals surface area contributed by atoms with Crippen molar-refractivity contribution >= 4 is 32.9 Å². The maximum Gasteiger partial charge on any atom is 0.340 e. The third-order valence-electron chi connectivity index (χ3n) is 5.77. The van der Waals surface area contributed by atoms with E-state index >= 15 is 0 Å². The van der Waals surface area contributed by atoms with Crippen molar-refractivity contribution in [3.63, 3.8) is 0 Å². The Balaban J connectivity index is 2.14. The van der Waals surface area contributed by atoms with Crippen LogP contribution in [0.4, 0.5) is 0 Å². The summed E-state index contributed by atoms with van der Waals surface area (Å²) in [7, 11) is -3.99. The molecule has 0 saturated heterocycles. The van der Waals surface area contributed by atoms with E-state index in [0.29, 0.717) is 27.9 Å². The molecule has 4 aromatic rings. The molecule has 0 aliphatic rings. The second-order valence-electron chi connectivity index (χ2n) is 8.02. The monoisotopic (exact) mass is 506 g/mol. The predicted molar refractivity (Wildman–Crippen MR) is 136 cm³/mol. The molecule has 8 nitrogen and oxygen atoms in total. The summed E-state index contributed by atoms with van der Waals surface area (Å²) in [6, 6.07) is 15.0. The van der Waals surface area contributed by atoms with Gasteiger partial charge < -0.3 is 9.47 Å². The number of hydrogen-bond donors (Lipinski definition) is 0. The number of aromatic nitrogens is 2. The van der Waals surface area contributed by atoms with Crippen LogP contribution in [-0.4, -0.2) is 42.5 Å². The number of carbonyl (C=O) groups is 2. The average Bonchev–Trinajstić information content (AvgIpc) is 3.24. The van der Waals surface area contributed by atoms with Crippen LogP contribution in [-0.2, 0) is 19.5 Å². The third-order valence-corrected chi connectivity index (χ3v) is 7.45. The first-order valence-corrected chi connectivity index (χ1v) is 12.9. The summed E-state index contributed by atoms with van der Waals surface area (Å²) < 4.78 is 39.1. The number of para-hydroxylation sites is 1. The Bertz CT molecular complexity index is 1530. The van der Waals surface area contributed by atoms with Crippen LogP contribution in [0.15, 0.2) is 65.7 Å². The topological polar surface area (TPSA) is 105 Å². The first-order valence-electron chi connectivity index (χ1n) is 11.5. The summed E-state index contributed by atoms with van der Waals surface area (Å²) in [5.41, 5.74) is 1.90. The zero-order chi connectivity index (χ0) is 26.0. The van der Waals surface area contributed by atoms with Crippen LogP contribution >= 0.6 is 0 Å². The van der Waals surface area contributed by atoms with Crippen LogP contribution < -0.4 is 0 Å². The molecule has 0 unspecified atom stereocenters. The summed E-state index contributed by atoms with van der Waals surface area (Å²) >= 11 is 0. The largest absolute Gasteiger partial charge is 0.462 e. The van der Waals surface area contributed by atoms with Crippen molar-refractivity contribution in [2.75, 3.05) is 13.2 Å². The van der Waals surface area contributed by atoms with E-state index in [0.717, 1.165) is 0 Å². The van der Waals surface area contributed by atoms with Gasteiger partial charge in [-0.1, -0.05) is 36.4 Å². The van der Waals surface area contributed by atoms with Gasteiger partial charge in [-0.15, -0.1) is 0 Å². The number of carbonyl (C=O) groups excluding carboxylic acids is 2. The summed E-state index contributed by atoms with van der Waals surface area (Å²) in [5.74, 6) is -1.32. The van der Waals surface area contributed by atoms with Gasteiger partial charge in [0.25, 0.3) is 10.0 Å². The van der Waals surface area contributed by atoms with Gasteiger partial charge in [-0.2, -0.15) is 0 Å². The summed E-state index contributed by atoms with van der Waals surface area (Å²) in [6.45, 7) is 6.89. The maximum atomic E-state index is 13.6. The summed E-state index contributed by atoms with van der Waals surface area (Å²) in [4.78, 5) is 30.8. The van der Waals surface area contributed by atoms with Crippen LogP contribution in [0.25, 0.3) is 22.0 Å². The van der Waals surface area contributed by atoms with Crippen molar-refractivity contribution < 1.29 is 27.5 Å². The highest BCUT2D eigenvalue weighted by Crippen LogP contribution is 2.39. The van der Waals surface area contributed by atoms with Gasteiger partial charge in [-0.05, 0) is 45.9 Å². The molecule has 186 valence electrons. The highest BCUT2D eigenvalue weighted by atomic mass is 32.2. The van der Waals surface area contributed by atoms with Gasteiger partial charge in [0.2, 0.25) is 0 Å². The van der Waals surface area contributed by atoms with Gasteiger partial charge in [-0.3, -0.25) is 4.98 Å². The second kappa shape index (κ2) is 9.94. The number of pyridine rings is 1. The first-order chi connectivity index (χ1) is 17.2. The Morgan fingerprint density at radius 2 is 1.36 bits per heavy atom. The lowest BCUT2D eigenvalue weighted by atomic mass is 9.92. The zero-order valence-corrected chi connectivity index (χ0v) is 21.3. The van der Waals surface area contributed by atoms with E-state index in [1.54, 1.807) is 70.2 Å². The molecule has 0 amide bonds. The standard InChI is InChI=1S/C27H26N2O6S/c1-5-34-26(30)23-17(3)28-18(4)24(27(31)35-6-2)25(23)21-16-29(22-15-11-10-14-20(21)22)36(32,33)19-12-8-7-9-13-19/h7-16H,5-6H2,1-4H3. The van der Waals surface area contributed by atoms with Gasteiger partial charge >= 0.3 is 11.9 Å². The van der Waals surface area contributed by atoms with E-state index in [-0.39, 0.29) is 34.8 Å². The molecular weight excluding hydrogens is 480 g/mol.